The van der Waals surface area contributed by atoms with E-state index in [4.69, 9.17) is 10.5 Å². The molecule has 0 saturated heterocycles. The highest BCUT2D eigenvalue weighted by molar-refractivity contribution is 5.28. The summed E-state index contributed by atoms with van der Waals surface area (Å²) in [5.74, 6) is 0.791. The van der Waals surface area contributed by atoms with Gasteiger partial charge in [0.2, 0.25) is 0 Å². The summed E-state index contributed by atoms with van der Waals surface area (Å²) in [7, 11) is 3.55. The van der Waals surface area contributed by atoms with Gasteiger partial charge in [0, 0.05) is 19.5 Å². The molecule has 1 unspecified atom stereocenters. The Morgan fingerprint density at radius 3 is 2.71 bits per heavy atom. The second-order valence-corrected chi connectivity index (χ2v) is 4.00. The van der Waals surface area contributed by atoms with E-state index in [2.05, 4.69) is 5.10 Å². The van der Waals surface area contributed by atoms with Crippen LogP contribution in [0.15, 0.2) is 36.5 Å². The number of aryl methyl sites for hydroxylation is 1. The van der Waals surface area contributed by atoms with Gasteiger partial charge >= 0.3 is 0 Å². The lowest BCUT2D eigenvalue weighted by molar-refractivity contribution is 0.406. The maximum absolute atomic E-state index is 6.18. The average Bonchev–Trinajstić information content (AvgIpc) is 2.71. The SMILES string of the molecule is COc1cnn(C)c1CC(N)c1ccccc1. The fraction of sp³-hybridized carbons (Fsp3) is 0.308. The van der Waals surface area contributed by atoms with Gasteiger partial charge in [0.25, 0.3) is 0 Å². The van der Waals surface area contributed by atoms with Crippen molar-refractivity contribution in [1.29, 1.82) is 0 Å². The summed E-state index contributed by atoms with van der Waals surface area (Å²) >= 11 is 0. The fourth-order valence-corrected chi connectivity index (χ4v) is 1.87. The largest absolute Gasteiger partial charge is 0.493 e. The summed E-state index contributed by atoms with van der Waals surface area (Å²) in [6.45, 7) is 0. The molecule has 0 fully saturated rings. The van der Waals surface area contributed by atoms with Crippen LogP contribution >= 0.6 is 0 Å². The number of hydrogen-bond acceptors (Lipinski definition) is 3. The summed E-state index contributed by atoms with van der Waals surface area (Å²) in [5, 5.41) is 4.17. The first-order chi connectivity index (χ1) is 8.22. The van der Waals surface area contributed by atoms with Crippen molar-refractivity contribution in [2.45, 2.75) is 12.5 Å². The topological polar surface area (TPSA) is 53.1 Å². The molecule has 90 valence electrons. The van der Waals surface area contributed by atoms with Gasteiger partial charge in [0.15, 0.2) is 5.75 Å². The number of hydrogen-bond donors (Lipinski definition) is 1. The Balaban J connectivity index is 2.18. The van der Waals surface area contributed by atoms with E-state index in [-0.39, 0.29) is 6.04 Å². The van der Waals surface area contributed by atoms with Crippen molar-refractivity contribution in [3.05, 3.63) is 47.8 Å². The Bertz CT molecular complexity index is 479. The van der Waals surface area contributed by atoms with Crippen LogP contribution in [0.25, 0.3) is 0 Å². The van der Waals surface area contributed by atoms with Crippen LogP contribution in [-0.4, -0.2) is 16.9 Å². The number of nitrogens with two attached hydrogens (primary N) is 1. The maximum atomic E-state index is 6.18. The molecule has 2 N–H and O–H groups in total. The summed E-state index contributed by atoms with van der Waals surface area (Å²) in [4.78, 5) is 0. The van der Waals surface area contributed by atoms with Crippen molar-refractivity contribution in [3.8, 4) is 5.75 Å². The third-order valence-electron chi connectivity index (χ3n) is 2.88. The van der Waals surface area contributed by atoms with E-state index in [0.29, 0.717) is 6.42 Å². The van der Waals surface area contributed by atoms with E-state index in [0.717, 1.165) is 17.0 Å². The van der Waals surface area contributed by atoms with Crippen LogP contribution in [0.3, 0.4) is 0 Å². The Hall–Kier alpha value is -1.81. The highest BCUT2D eigenvalue weighted by atomic mass is 16.5. The highest BCUT2D eigenvalue weighted by Gasteiger charge is 2.14. The highest BCUT2D eigenvalue weighted by Crippen LogP contribution is 2.22. The molecular formula is C13H17N3O. The van der Waals surface area contributed by atoms with Crippen LogP contribution < -0.4 is 10.5 Å². The zero-order chi connectivity index (χ0) is 12.3. The molecule has 0 aliphatic heterocycles. The fourth-order valence-electron chi connectivity index (χ4n) is 1.87. The van der Waals surface area contributed by atoms with Crippen LogP contribution in [0.4, 0.5) is 0 Å². The third kappa shape index (κ3) is 2.47. The van der Waals surface area contributed by atoms with Crippen LogP contribution in [0.1, 0.15) is 17.3 Å². The molecule has 4 heteroatoms. The van der Waals surface area contributed by atoms with Crippen molar-refractivity contribution in [2.24, 2.45) is 12.8 Å². The molecule has 0 spiro atoms. The number of methoxy groups -OCH3 is 1. The molecule has 0 radical (unpaired) electrons. The van der Waals surface area contributed by atoms with Crippen LogP contribution in [-0.2, 0) is 13.5 Å². The van der Waals surface area contributed by atoms with Crippen molar-refractivity contribution < 1.29 is 4.74 Å². The lowest BCUT2D eigenvalue weighted by Crippen LogP contribution is -2.15. The molecule has 0 saturated carbocycles. The molecule has 1 atom stereocenters. The number of benzene rings is 1. The normalized spacial score (nSPS) is 12.4. The van der Waals surface area contributed by atoms with E-state index >= 15 is 0 Å². The monoisotopic (exact) mass is 231 g/mol. The molecule has 0 aliphatic rings. The molecule has 0 aliphatic carbocycles. The van der Waals surface area contributed by atoms with Crippen LogP contribution in [0.5, 0.6) is 5.75 Å². The molecule has 2 rings (SSSR count). The quantitative estimate of drug-likeness (QED) is 0.870. The number of ether oxygens (including phenoxy) is 1. The van der Waals surface area contributed by atoms with Crippen molar-refractivity contribution in [1.82, 2.24) is 9.78 Å². The molecule has 1 heterocycles. The van der Waals surface area contributed by atoms with E-state index < -0.39 is 0 Å². The maximum Gasteiger partial charge on any atom is 0.159 e. The first-order valence-electron chi connectivity index (χ1n) is 5.57. The van der Waals surface area contributed by atoms with Gasteiger partial charge in [-0.15, -0.1) is 0 Å². The zero-order valence-corrected chi connectivity index (χ0v) is 10.1. The summed E-state index contributed by atoms with van der Waals surface area (Å²) < 4.78 is 7.07. The molecule has 0 amide bonds. The van der Waals surface area contributed by atoms with Gasteiger partial charge in [0.1, 0.15) is 0 Å². The summed E-state index contributed by atoms with van der Waals surface area (Å²) in [5.41, 5.74) is 8.32. The summed E-state index contributed by atoms with van der Waals surface area (Å²) in [6.07, 6.45) is 2.43. The molecule has 17 heavy (non-hydrogen) atoms. The lowest BCUT2D eigenvalue weighted by Gasteiger charge is -2.13. The Kier molecular flexibility index (Phi) is 3.44. The smallest absolute Gasteiger partial charge is 0.159 e. The van der Waals surface area contributed by atoms with Gasteiger partial charge in [-0.3, -0.25) is 4.68 Å². The predicted octanol–water partition coefficient (Wildman–Crippen LogP) is 1.67. The van der Waals surface area contributed by atoms with E-state index in [9.17, 15) is 0 Å². The molecule has 4 nitrogen and oxygen atoms in total. The van der Waals surface area contributed by atoms with Gasteiger partial charge in [-0.05, 0) is 5.56 Å². The minimum atomic E-state index is -0.0412. The lowest BCUT2D eigenvalue weighted by atomic mass is 10.0. The first-order valence-corrected chi connectivity index (χ1v) is 5.57. The van der Waals surface area contributed by atoms with Gasteiger partial charge in [-0.1, -0.05) is 30.3 Å². The number of rotatable bonds is 4. The van der Waals surface area contributed by atoms with Crippen LogP contribution in [0, 0.1) is 0 Å². The Morgan fingerprint density at radius 2 is 2.06 bits per heavy atom. The van der Waals surface area contributed by atoms with Crippen LogP contribution in [0.2, 0.25) is 0 Å². The minimum absolute atomic E-state index is 0.0412. The van der Waals surface area contributed by atoms with Crippen molar-refractivity contribution in [2.75, 3.05) is 7.11 Å². The van der Waals surface area contributed by atoms with Gasteiger partial charge < -0.3 is 10.5 Å². The summed E-state index contributed by atoms with van der Waals surface area (Å²) in [6, 6.07) is 10.0. The molecule has 1 aromatic heterocycles. The van der Waals surface area contributed by atoms with Gasteiger partial charge in [-0.2, -0.15) is 5.10 Å². The van der Waals surface area contributed by atoms with Crippen molar-refractivity contribution >= 4 is 0 Å². The Morgan fingerprint density at radius 1 is 1.35 bits per heavy atom. The van der Waals surface area contributed by atoms with Gasteiger partial charge in [0.05, 0.1) is 19.0 Å². The molecule has 1 aromatic carbocycles. The van der Waals surface area contributed by atoms with E-state index in [1.807, 2.05) is 42.1 Å². The van der Waals surface area contributed by atoms with Crippen molar-refractivity contribution in [3.63, 3.8) is 0 Å². The number of aromatic nitrogens is 2. The second-order valence-electron chi connectivity index (χ2n) is 4.00. The second kappa shape index (κ2) is 5.01. The average molecular weight is 231 g/mol. The third-order valence-corrected chi connectivity index (χ3v) is 2.88. The predicted molar refractivity (Wildman–Crippen MR) is 66.8 cm³/mol. The molecule has 0 bridgehead atoms. The minimum Gasteiger partial charge on any atom is -0.493 e. The zero-order valence-electron chi connectivity index (χ0n) is 10.1. The Labute approximate surface area is 101 Å². The molecule has 2 aromatic rings. The van der Waals surface area contributed by atoms with Gasteiger partial charge in [-0.25, -0.2) is 0 Å². The standard InChI is InChI=1S/C13H17N3O/c1-16-12(13(17-2)9-15-16)8-11(14)10-6-4-3-5-7-10/h3-7,9,11H,8,14H2,1-2H3. The molecular weight excluding hydrogens is 214 g/mol. The first kappa shape index (κ1) is 11.7. The van der Waals surface area contributed by atoms with E-state index in [1.165, 1.54) is 0 Å². The van der Waals surface area contributed by atoms with E-state index in [1.54, 1.807) is 13.3 Å². The number of nitrogens with zero attached hydrogens (tertiary/aromatic N) is 2.